The van der Waals surface area contributed by atoms with Gasteiger partial charge in [0.05, 0.1) is 28.1 Å². The van der Waals surface area contributed by atoms with Gasteiger partial charge < -0.3 is 4.74 Å². The molecule has 0 aliphatic carbocycles. The summed E-state index contributed by atoms with van der Waals surface area (Å²) in [5.41, 5.74) is 0.651. The lowest BCUT2D eigenvalue weighted by Crippen LogP contribution is -2.33. The summed E-state index contributed by atoms with van der Waals surface area (Å²) in [6, 6.07) is 4.37. The summed E-state index contributed by atoms with van der Waals surface area (Å²) in [5, 5.41) is 0. The Hall–Kier alpha value is -1.28. The van der Waals surface area contributed by atoms with Crippen molar-refractivity contribution in [3.05, 3.63) is 23.8 Å². The number of esters is 1. The number of carbonyl (C=O) groups is 1. The van der Waals surface area contributed by atoms with E-state index in [1.54, 1.807) is 0 Å². The molecule has 0 spiro atoms. The van der Waals surface area contributed by atoms with Gasteiger partial charge in [0.2, 0.25) is 0 Å². The van der Waals surface area contributed by atoms with Crippen LogP contribution in [0.25, 0.3) is 0 Å². The van der Waals surface area contributed by atoms with E-state index in [0.717, 1.165) is 3.71 Å². The molecule has 1 rings (SSSR count). The lowest BCUT2D eigenvalue weighted by molar-refractivity contribution is 0.0602. The minimum Gasteiger partial charge on any atom is -0.465 e. The van der Waals surface area contributed by atoms with Crippen LogP contribution in [0.2, 0.25) is 0 Å². The SMILES string of the molecule is [B]c1ccc(N(S(C)=O)S(=C)(C)=O)c(C(=O)OC)c1. The van der Waals surface area contributed by atoms with Crippen molar-refractivity contribution >= 4 is 51.5 Å². The third kappa shape index (κ3) is 3.60. The van der Waals surface area contributed by atoms with Crippen LogP contribution in [0.15, 0.2) is 18.2 Å². The van der Waals surface area contributed by atoms with Gasteiger partial charge in [-0.25, -0.2) is 16.9 Å². The molecule has 2 radical (unpaired) electrons. The Bertz CT molecular complexity index is 628. The van der Waals surface area contributed by atoms with Gasteiger partial charge in [0.15, 0.2) is 0 Å². The average Bonchev–Trinajstić information content (AvgIpc) is 2.28. The third-order valence-electron chi connectivity index (χ3n) is 2.21. The molecule has 0 saturated heterocycles. The summed E-state index contributed by atoms with van der Waals surface area (Å²) in [4.78, 5) is 11.7. The number of benzene rings is 1. The van der Waals surface area contributed by atoms with Crippen molar-refractivity contribution in [2.75, 3.05) is 23.3 Å². The maximum absolute atomic E-state index is 12.1. The summed E-state index contributed by atoms with van der Waals surface area (Å²) >= 11 is 0. The first-order valence-corrected chi connectivity index (χ1v) is 8.73. The number of hydrogen-bond donors (Lipinski definition) is 0. The highest BCUT2D eigenvalue weighted by atomic mass is 32.3. The standard InChI is InChI=1S/C11H14BNO4S2/c1-17-11(14)9-7-8(12)5-6-10(9)13(18(2)15)19(3,4)16/h5-7H,3H2,1-2,4H3. The normalized spacial score (nSPS) is 15.3. The third-order valence-corrected chi connectivity index (χ3v) is 5.34. The molecule has 2 atom stereocenters. The molecule has 0 saturated carbocycles. The summed E-state index contributed by atoms with van der Waals surface area (Å²) < 4.78 is 29.6. The second-order valence-electron chi connectivity index (χ2n) is 3.91. The van der Waals surface area contributed by atoms with Gasteiger partial charge in [0.1, 0.15) is 18.8 Å². The van der Waals surface area contributed by atoms with Crippen LogP contribution in [-0.2, 0) is 25.4 Å². The van der Waals surface area contributed by atoms with E-state index < -0.39 is 26.7 Å². The number of anilines is 1. The number of carbonyl (C=O) groups excluding carboxylic acids is 1. The van der Waals surface area contributed by atoms with Gasteiger partial charge in [-0.3, -0.25) is 0 Å². The van der Waals surface area contributed by atoms with E-state index in [1.165, 1.54) is 37.8 Å². The second-order valence-corrected chi connectivity index (χ2v) is 7.64. The Balaban J connectivity index is 3.56. The molecule has 0 heterocycles. The largest absolute Gasteiger partial charge is 0.465 e. The summed E-state index contributed by atoms with van der Waals surface area (Å²) in [6.07, 6.45) is 2.69. The van der Waals surface area contributed by atoms with Crippen LogP contribution in [0, 0.1) is 0 Å². The molecule has 0 fully saturated rings. The maximum atomic E-state index is 12.1. The first kappa shape index (κ1) is 15.8. The average molecular weight is 299 g/mol. The zero-order chi connectivity index (χ0) is 14.8. The minimum absolute atomic E-state index is 0.0934. The molecule has 1 aromatic carbocycles. The molecule has 102 valence electrons. The van der Waals surface area contributed by atoms with Gasteiger partial charge in [-0.05, 0) is 11.9 Å². The van der Waals surface area contributed by atoms with Crippen LogP contribution in [0.1, 0.15) is 10.4 Å². The zero-order valence-corrected chi connectivity index (χ0v) is 12.5. The smallest absolute Gasteiger partial charge is 0.340 e. The van der Waals surface area contributed by atoms with E-state index in [9.17, 15) is 13.2 Å². The summed E-state index contributed by atoms with van der Waals surface area (Å²) in [6.45, 7) is 0. The molecule has 0 amide bonds. The lowest BCUT2D eigenvalue weighted by Gasteiger charge is -2.24. The molecule has 0 bridgehead atoms. The van der Waals surface area contributed by atoms with Crippen molar-refractivity contribution in [2.45, 2.75) is 0 Å². The molecule has 0 N–H and O–H groups in total. The van der Waals surface area contributed by atoms with Crippen LogP contribution < -0.4 is 9.17 Å². The van der Waals surface area contributed by atoms with E-state index in [-0.39, 0.29) is 11.3 Å². The van der Waals surface area contributed by atoms with E-state index in [4.69, 9.17) is 7.85 Å². The molecule has 0 aromatic heterocycles. The van der Waals surface area contributed by atoms with Crippen molar-refractivity contribution in [1.29, 1.82) is 0 Å². The lowest BCUT2D eigenvalue weighted by atomic mass is 9.94. The molecule has 19 heavy (non-hydrogen) atoms. The first-order valence-electron chi connectivity index (χ1n) is 5.12. The Morgan fingerprint density at radius 1 is 1.53 bits per heavy atom. The first-order chi connectivity index (χ1) is 8.68. The second kappa shape index (κ2) is 5.79. The predicted molar refractivity (Wildman–Crippen MR) is 80.9 cm³/mol. The Morgan fingerprint density at radius 2 is 2.11 bits per heavy atom. The summed E-state index contributed by atoms with van der Waals surface area (Å²) in [5.74, 6) is 2.84. The van der Waals surface area contributed by atoms with Crippen molar-refractivity contribution in [3.63, 3.8) is 0 Å². The fourth-order valence-corrected chi connectivity index (χ4v) is 4.34. The monoisotopic (exact) mass is 299 g/mol. The Kier molecular flexibility index (Phi) is 4.81. The van der Waals surface area contributed by atoms with Crippen LogP contribution >= 0.6 is 0 Å². The van der Waals surface area contributed by atoms with Gasteiger partial charge in [-0.2, -0.15) is 0 Å². The number of hydrogen-bond acceptors (Lipinski definition) is 4. The molecule has 5 nitrogen and oxygen atoms in total. The van der Waals surface area contributed by atoms with Crippen LogP contribution in [-0.4, -0.2) is 47.7 Å². The van der Waals surface area contributed by atoms with Gasteiger partial charge in [0, 0.05) is 12.5 Å². The van der Waals surface area contributed by atoms with Crippen LogP contribution in [0.4, 0.5) is 5.69 Å². The minimum atomic E-state index is -2.81. The zero-order valence-electron chi connectivity index (χ0n) is 10.9. The molecule has 0 aliphatic rings. The quantitative estimate of drug-likeness (QED) is 0.432. The van der Waals surface area contributed by atoms with Gasteiger partial charge in [-0.1, -0.05) is 17.6 Å². The van der Waals surface area contributed by atoms with Gasteiger partial charge in [0.25, 0.3) is 0 Å². The molecular weight excluding hydrogens is 285 g/mol. The van der Waals surface area contributed by atoms with Crippen molar-refractivity contribution in [3.8, 4) is 0 Å². The Labute approximate surface area is 117 Å². The molecule has 0 aliphatic heterocycles. The summed E-state index contributed by atoms with van der Waals surface area (Å²) in [7, 11) is 2.41. The van der Waals surface area contributed by atoms with E-state index in [2.05, 4.69) is 10.6 Å². The van der Waals surface area contributed by atoms with E-state index in [1.807, 2.05) is 0 Å². The van der Waals surface area contributed by atoms with Crippen LogP contribution in [0.3, 0.4) is 0 Å². The number of ether oxygens (including phenoxy) is 1. The van der Waals surface area contributed by atoms with Crippen molar-refractivity contribution < 1.29 is 17.9 Å². The van der Waals surface area contributed by atoms with Crippen molar-refractivity contribution in [2.24, 2.45) is 0 Å². The molecule has 1 aromatic rings. The van der Waals surface area contributed by atoms with E-state index in [0.29, 0.717) is 5.46 Å². The molecule has 8 heteroatoms. The fourth-order valence-electron chi connectivity index (χ4n) is 1.55. The molecule has 2 unspecified atom stereocenters. The topological polar surface area (TPSA) is 63.7 Å². The van der Waals surface area contributed by atoms with E-state index >= 15 is 0 Å². The van der Waals surface area contributed by atoms with Gasteiger partial charge in [-0.15, -0.1) is 0 Å². The van der Waals surface area contributed by atoms with Crippen LogP contribution in [0.5, 0.6) is 0 Å². The van der Waals surface area contributed by atoms with Gasteiger partial charge >= 0.3 is 5.97 Å². The molecular formula is C11H14BNO4S2. The highest BCUT2D eigenvalue weighted by Gasteiger charge is 2.23. The highest BCUT2D eigenvalue weighted by Crippen LogP contribution is 2.24. The number of methoxy groups -OCH3 is 1. The highest BCUT2D eigenvalue weighted by molar-refractivity contribution is 8.12. The predicted octanol–water partition coefficient (Wildman–Crippen LogP) is -0.372. The fraction of sp³-hybridized carbons (Fsp3) is 0.273. The number of rotatable bonds is 4. The number of nitrogens with zero attached hydrogens (tertiary/aromatic N) is 1. The maximum Gasteiger partial charge on any atom is 0.340 e. The Morgan fingerprint density at radius 3 is 2.53 bits per heavy atom. The van der Waals surface area contributed by atoms with Crippen molar-refractivity contribution in [1.82, 2.24) is 0 Å².